The van der Waals surface area contributed by atoms with Crippen LogP contribution in [0.1, 0.15) is 37.8 Å². The molecule has 1 fully saturated rings. The lowest BCUT2D eigenvalue weighted by Crippen LogP contribution is -2.35. The Hall–Kier alpha value is -3.42. The highest BCUT2D eigenvalue weighted by Crippen LogP contribution is 2.38. The van der Waals surface area contributed by atoms with Gasteiger partial charge in [0.2, 0.25) is 11.8 Å². The predicted octanol–water partition coefficient (Wildman–Crippen LogP) is 4.39. The number of allylic oxidation sites excluding steroid dienone is 1. The highest BCUT2D eigenvalue weighted by Gasteiger charge is 2.25. The van der Waals surface area contributed by atoms with Gasteiger partial charge in [0, 0.05) is 12.0 Å². The molecule has 0 aromatic heterocycles. The molecule has 2 aliphatic heterocycles. The van der Waals surface area contributed by atoms with Crippen molar-refractivity contribution in [3.8, 4) is 23.3 Å². The largest absolute Gasteiger partial charge is 0.493 e. The lowest BCUT2D eigenvalue weighted by atomic mass is 10.0. The third-order valence-electron chi connectivity index (χ3n) is 5.50. The molecule has 2 heterocycles. The maximum absolute atomic E-state index is 12.2. The fourth-order valence-corrected chi connectivity index (χ4v) is 4.45. The van der Waals surface area contributed by atoms with Crippen LogP contribution >= 0.6 is 15.9 Å². The SMILES string of the molecule is CC.COc1cc(C)cc(Br)c1OC.N#CC1=C(N)Oc2c(ccc(NC(=O)C3CCCN3)c2N)C1. The number of aryl methyl sites for hydroxylation is 1. The molecule has 2 aliphatic rings. The summed E-state index contributed by atoms with van der Waals surface area (Å²) in [4.78, 5) is 12.2. The number of nitrogens with one attached hydrogen (secondary N) is 2. The van der Waals surface area contributed by atoms with Gasteiger partial charge in [-0.05, 0) is 66.0 Å². The number of ether oxygens (including phenoxy) is 3. The zero-order chi connectivity index (χ0) is 26.8. The van der Waals surface area contributed by atoms with Gasteiger partial charge in [-0.3, -0.25) is 4.79 Å². The van der Waals surface area contributed by atoms with E-state index < -0.39 is 0 Å². The highest BCUT2D eigenvalue weighted by molar-refractivity contribution is 9.10. The fourth-order valence-electron chi connectivity index (χ4n) is 3.73. The molecule has 0 aliphatic carbocycles. The second-order valence-corrected chi connectivity index (χ2v) is 8.72. The molecule has 2 aromatic rings. The van der Waals surface area contributed by atoms with E-state index >= 15 is 0 Å². The molecule has 0 saturated carbocycles. The lowest BCUT2D eigenvalue weighted by molar-refractivity contribution is -0.117. The molecule has 1 unspecified atom stereocenters. The Kier molecular flexibility index (Phi) is 10.9. The minimum absolute atomic E-state index is 0.0580. The molecule has 1 atom stereocenters. The Balaban J connectivity index is 0.000000277. The van der Waals surface area contributed by atoms with E-state index in [0.717, 1.165) is 46.5 Å². The molecule has 9 nitrogen and oxygen atoms in total. The van der Waals surface area contributed by atoms with E-state index in [1.165, 1.54) is 0 Å². The van der Waals surface area contributed by atoms with Gasteiger partial charge in [-0.1, -0.05) is 19.9 Å². The Morgan fingerprint density at radius 1 is 1.25 bits per heavy atom. The monoisotopic (exact) mass is 559 g/mol. The molecule has 10 heteroatoms. The van der Waals surface area contributed by atoms with Gasteiger partial charge in [-0.15, -0.1) is 0 Å². The van der Waals surface area contributed by atoms with Crippen LogP contribution in [0.15, 0.2) is 40.2 Å². The van der Waals surface area contributed by atoms with Crippen molar-refractivity contribution in [2.45, 2.75) is 46.1 Å². The molecular formula is C26H34BrN5O4. The molecular weight excluding hydrogens is 526 g/mol. The summed E-state index contributed by atoms with van der Waals surface area (Å²) in [5.74, 6) is 1.85. The minimum Gasteiger partial charge on any atom is -0.493 e. The average molecular weight is 560 g/mol. The molecule has 6 N–H and O–H groups in total. The number of hydrogen-bond acceptors (Lipinski definition) is 8. The number of halogens is 1. The number of nitrogens with zero attached hydrogens (tertiary/aromatic N) is 1. The van der Waals surface area contributed by atoms with E-state index in [2.05, 4.69) is 26.6 Å². The number of anilines is 2. The number of nitrogens with two attached hydrogens (primary N) is 2. The Labute approximate surface area is 220 Å². The second-order valence-electron chi connectivity index (χ2n) is 7.87. The standard InChI is InChI=1S/C15H17N5O2.C9H11BrO2.C2H6/c16-7-9-6-8-3-4-10(12(17)13(8)22-14(9)18)20-15(21)11-2-1-5-19-11;1-6-4-7(10)9(12-3)8(5-6)11-2;1-2/h3-4,11,19H,1-2,5-6,17-18H2,(H,20,21);4-5H,1-3H3;1-2H3. The van der Waals surface area contributed by atoms with Crippen LogP contribution in [0.4, 0.5) is 11.4 Å². The van der Waals surface area contributed by atoms with Crippen LogP contribution < -0.4 is 36.3 Å². The van der Waals surface area contributed by atoms with Gasteiger partial charge in [-0.2, -0.15) is 5.26 Å². The van der Waals surface area contributed by atoms with Crippen molar-refractivity contribution in [2.75, 3.05) is 31.8 Å². The number of carbonyl (C=O) groups excluding carboxylic acids is 1. The lowest BCUT2D eigenvalue weighted by Gasteiger charge is -2.21. The van der Waals surface area contributed by atoms with Gasteiger partial charge >= 0.3 is 0 Å². The van der Waals surface area contributed by atoms with E-state index in [-0.39, 0.29) is 17.8 Å². The first kappa shape index (κ1) is 28.8. The Morgan fingerprint density at radius 3 is 2.56 bits per heavy atom. The van der Waals surface area contributed by atoms with Gasteiger partial charge in [0.1, 0.15) is 6.07 Å². The van der Waals surface area contributed by atoms with Crippen molar-refractivity contribution < 1.29 is 19.0 Å². The first-order valence-electron chi connectivity index (χ1n) is 11.7. The first-order chi connectivity index (χ1) is 17.3. The summed E-state index contributed by atoms with van der Waals surface area (Å²) >= 11 is 3.39. The average Bonchev–Trinajstić information content (AvgIpc) is 3.42. The van der Waals surface area contributed by atoms with Crippen LogP contribution in [-0.2, 0) is 11.2 Å². The topological polar surface area (TPSA) is 145 Å². The summed E-state index contributed by atoms with van der Waals surface area (Å²) in [7, 11) is 3.25. The van der Waals surface area contributed by atoms with Crippen molar-refractivity contribution in [3.63, 3.8) is 0 Å². The zero-order valence-corrected chi connectivity index (χ0v) is 22.9. The van der Waals surface area contributed by atoms with Crippen LogP contribution in [0, 0.1) is 18.3 Å². The van der Waals surface area contributed by atoms with Crippen LogP contribution in [0.3, 0.4) is 0 Å². The number of benzene rings is 2. The number of fused-ring (bicyclic) bond motifs is 1. The minimum atomic E-state index is -0.188. The van der Waals surface area contributed by atoms with Gasteiger partial charge < -0.3 is 36.3 Å². The summed E-state index contributed by atoms with van der Waals surface area (Å²) in [6.07, 6.45) is 2.17. The Morgan fingerprint density at radius 2 is 1.97 bits per heavy atom. The molecule has 1 amide bonds. The summed E-state index contributed by atoms with van der Waals surface area (Å²) in [5, 5.41) is 14.9. The number of nitriles is 1. The molecule has 36 heavy (non-hydrogen) atoms. The molecule has 0 bridgehead atoms. The van der Waals surface area contributed by atoms with Gasteiger partial charge in [0.05, 0.1) is 41.7 Å². The zero-order valence-electron chi connectivity index (χ0n) is 21.3. The van der Waals surface area contributed by atoms with Crippen LogP contribution in [0.25, 0.3) is 0 Å². The van der Waals surface area contributed by atoms with Crippen molar-refractivity contribution >= 4 is 33.2 Å². The van der Waals surface area contributed by atoms with Crippen molar-refractivity contribution in [1.82, 2.24) is 5.32 Å². The van der Waals surface area contributed by atoms with Crippen molar-refractivity contribution in [3.05, 3.63) is 51.3 Å². The number of amides is 1. The maximum atomic E-state index is 12.2. The smallest absolute Gasteiger partial charge is 0.241 e. The summed E-state index contributed by atoms with van der Waals surface area (Å²) in [6.45, 7) is 6.85. The number of hydrogen-bond donors (Lipinski definition) is 4. The van der Waals surface area contributed by atoms with Gasteiger partial charge in [0.15, 0.2) is 17.2 Å². The quantitative estimate of drug-likeness (QED) is 0.403. The third-order valence-corrected chi connectivity index (χ3v) is 6.09. The number of methoxy groups -OCH3 is 2. The van der Waals surface area contributed by atoms with Crippen LogP contribution in [0.5, 0.6) is 17.2 Å². The number of nitrogen functional groups attached to an aromatic ring is 1. The molecule has 194 valence electrons. The third kappa shape index (κ3) is 6.83. The predicted molar refractivity (Wildman–Crippen MR) is 145 cm³/mol. The fraction of sp³-hybridized carbons (Fsp3) is 0.385. The van der Waals surface area contributed by atoms with Crippen molar-refractivity contribution in [1.29, 1.82) is 5.26 Å². The normalized spacial score (nSPS) is 15.6. The maximum Gasteiger partial charge on any atom is 0.241 e. The van der Waals surface area contributed by atoms with Crippen molar-refractivity contribution in [2.24, 2.45) is 5.73 Å². The van der Waals surface area contributed by atoms with E-state index in [1.54, 1.807) is 26.4 Å². The van der Waals surface area contributed by atoms with E-state index in [0.29, 0.717) is 29.1 Å². The summed E-state index contributed by atoms with van der Waals surface area (Å²) in [5.41, 5.74) is 14.9. The Bertz CT molecular complexity index is 1150. The molecule has 1 saturated heterocycles. The number of rotatable bonds is 4. The van der Waals surface area contributed by atoms with Crippen LogP contribution in [0.2, 0.25) is 0 Å². The van der Waals surface area contributed by atoms with Gasteiger partial charge in [-0.25, -0.2) is 0 Å². The van der Waals surface area contributed by atoms with E-state index in [4.69, 9.17) is 30.9 Å². The first-order valence-corrected chi connectivity index (χ1v) is 12.5. The molecule has 4 rings (SSSR count). The summed E-state index contributed by atoms with van der Waals surface area (Å²) < 4.78 is 16.7. The van der Waals surface area contributed by atoms with Gasteiger partial charge in [0.25, 0.3) is 0 Å². The number of carbonyl (C=O) groups is 1. The highest BCUT2D eigenvalue weighted by atomic mass is 79.9. The van der Waals surface area contributed by atoms with E-state index in [1.807, 2.05) is 39.0 Å². The summed E-state index contributed by atoms with van der Waals surface area (Å²) in [6, 6.07) is 9.25. The molecule has 0 spiro atoms. The van der Waals surface area contributed by atoms with Crippen LogP contribution in [-0.4, -0.2) is 32.7 Å². The van der Waals surface area contributed by atoms with E-state index in [9.17, 15) is 4.79 Å². The second kappa shape index (κ2) is 13.6. The molecule has 0 radical (unpaired) electrons. The molecule has 2 aromatic carbocycles.